The second-order valence-corrected chi connectivity index (χ2v) is 5.82. The number of nitrogens with two attached hydrogens (primary N) is 1. The predicted molar refractivity (Wildman–Crippen MR) is 74.6 cm³/mol. The summed E-state index contributed by atoms with van der Waals surface area (Å²) in [6.45, 7) is 10.00. The Morgan fingerprint density at radius 2 is 2.12 bits per heavy atom. The maximum absolute atomic E-state index is 6.14. The van der Waals surface area contributed by atoms with Gasteiger partial charge in [0.2, 0.25) is 0 Å². The molecule has 2 rings (SSSR count). The zero-order valence-electron chi connectivity index (χ0n) is 11.5. The molecule has 1 aliphatic rings. The smallest absolute Gasteiger partial charge is 0.0433 e. The minimum absolute atomic E-state index is 0.176. The van der Waals surface area contributed by atoms with E-state index >= 15 is 0 Å². The van der Waals surface area contributed by atoms with E-state index in [1.807, 2.05) is 0 Å². The Morgan fingerprint density at radius 3 is 2.65 bits per heavy atom. The van der Waals surface area contributed by atoms with E-state index < -0.39 is 0 Å². The summed E-state index contributed by atoms with van der Waals surface area (Å²) in [7, 11) is 0. The molecule has 0 spiro atoms. The first-order valence-electron chi connectivity index (χ1n) is 6.57. The summed E-state index contributed by atoms with van der Waals surface area (Å²) in [6.07, 6.45) is 2.16. The first-order valence-corrected chi connectivity index (χ1v) is 6.57. The molecule has 1 saturated heterocycles. The maximum atomic E-state index is 6.14. The highest BCUT2D eigenvalue weighted by Crippen LogP contribution is 2.37. The van der Waals surface area contributed by atoms with Gasteiger partial charge in [0.15, 0.2) is 0 Å². The average Bonchev–Trinajstić information content (AvgIpc) is 2.51. The summed E-state index contributed by atoms with van der Waals surface area (Å²) in [5.41, 5.74) is 10.5. The summed E-state index contributed by atoms with van der Waals surface area (Å²) < 4.78 is 0. The molecule has 1 aromatic carbocycles. The molecule has 1 aliphatic heterocycles. The first kappa shape index (κ1) is 12.4. The summed E-state index contributed by atoms with van der Waals surface area (Å²) in [5.74, 6) is 0. The van der Waals surface area contributed by atoms with Crippen molar-refractivity contribution in [2.45, 2.75) is 52.1 Å². The van der Waals surface area contributed by atoms with Crippen LogP contribution in [0.5, 0.6) is 0 Å². The van der Waals surface area contributed by atoms with Crippen LogP contribution in [0.15, 0.2) is 18.2 Å². The highest BCUT2D eigenvalue weighted by molar-refractivity contribution is 5.62. The molecule has 17 heavy (non-hydrogen) atoms. The molecule has 2 heteroatoms. The number of anilines is 1. The number of para-hydroxylation sites is 1. The SMILES string of the molecule is CCc1cccc(C)c1N1CC(N)CC1(C)C. The number of rotatable bonds is 2. The second kappa shape index (κ2) is 4.34. The van der Waals surface area contributed by atoms with Crippen LogP contribution in [0.2, 0.25) is 0 Å². The lowest BCUT2D eigenvalue weighted by Gasteiger charge is -2.36. The van der Waals surface area contributed by atoms with E-state index in [-0.39, 0.29) is 5.54 Å². The Hall–Kier alpha value is -1.02. The third-order valence-corrected chi connectivity index (χ3v) is 3.88. The van der Waals surface area contributed by atoms with Crippen molar-refractivity contribution in [3.63, 3.8) is 0 Å². The Kier molecular flexibility index (Phi) is 3.17. The Labute approximate surface area is 105 Å². The van der Waals surface area contributed by atoms with Gasteiger partial charge in [-0.25, -0.2) is 0 Å². The van der Waals surface area contributed by atoms with Gasteiger partial charge in [-0.1, -0.05) is 25.1 Å². The standard InChI is InChI=1S/C15H24N2/c1-5-12-8-6-7-11(2)14(12)17-10-13(16)9-15(17,3)4/h6-8,13H,5,9-10,16H2,1-4H3. The molecule has 0 aromatic heterocycles. The number of nitrogens with zero attached hydrogens (tertiary/aromatic N) is 1. The van der Waals surface area contributed by atoms with Crippen LogP contribution in [-0.4, -0.2) is 18.1 Å². The number of hydrogen-bond acceptors (Lipinski definition) is 2. The molecule has 2 nitrogen and oxygen atoms in total. The molecule has 0 radical (unpaired) electrons. The molecular formula is C15H24N2. The molecule has 1 atom stereocenters. The third-order valence-electron chi connectivity index (χ3n) is 3.88. The zero-order chi connectivity index (χ0) is 12.6. The van der Waals surface area contributed by atoms with Gasteiger partial charge in [-0.05, 0) is 44.7 Å². The fourth-order valence-electron chi connectivity index (χ4n) is 3.08. The van der Waals surface area contributed by atoms with Gasteiger partial charge < -0.3 is 10.6 Å². The summed E-state index contributed by atoms with van der Waals surface area (Å²) in [6, 6.07) is 6.89. The van der Waals surface area contributed by atoms with Crippen molar-refractivity contribution in [3.8, 4) is 0 Å². The highest BCUT2D eigenvalue weighted by atomic mass is 15.2. The maximum Gasteiger partial charge on any atom is 0.0433 e. The highest BCUT2D eigenvalue weighted by Gasteiger charge is 2.37. The summed E-state index contributed by atoms with van der Waals surface area (Å²) in [4.78, 5) is 2.51. The molecule has 1 unspecified atom stereocenters. The monoisotopic (exact) mass is 232 g/mol. The van der Waals surface area contributed by atoms with Crippen LogP contribution in [0.1, 0.15) is 38.3 Å². The Morgan fingerprint density at radius 1 is 1.41 bits per heavy atom. The van der Waals surface area contributed by atoms with Crippen LogP contribution in [0, 0.1) is 6.92 Å². The van der Waals surface area contributed by atoms with E-state index in [1.165, 1.54) is 16.8 Å². The lowest BCUT2D eigenvalue weighted by molar-refractivity contribution is 0.504. The number of hydrogen-bond donors (Lipinski definition) is 1. The molecule has 1 aromatic rings. The number of benzene rings is 1. The third kappa shape index (κ3) is 2.19. The topological polar surface area (TPSA) is 29.3 Å². The van der Waals surface area contributed by atoms with Gasteiger partial charge in [0.25, 0.3) is 0 Å². The molecule has 0 amide bonds. The minimum Gasteiger partial charge on any atom is -0.364 e. The van der Waals surface area contributed by atoms with E-state index in [1.54, 1.807) is 0 Å². The fraction of sp³-hybridized carbons (Fsp3) is 0.600. The predicted octanol–water partition coefficient (Wildman–Crippen LogP) is 2.87. The summed E-state index contributed by atoms with van der Waals surface area (Å²) >= 11 is 0. The molecule has 0 saturated carbocycles. The van der Waals surface area contributed by atoms with Crippen molar-refractivity contribution < 1.29 is 0 Å². The van der Waals surface area contributed by atoms with Crippen LogP contribution >= 0.6 is 0 Å². The summed E-state index contributed by atoms with van der Waals surface area (Å²) in [5, 5.41) is 0. The molecular weight excluding hydrogens is 208 g/mol. The van der Waals surface area contributed by atoms with Crippen molar-refractivity contribution in [3.05, 3.63) is 29.3 Å². The van der Waals surface area contributed by atoms with Gasteiger partial charge in [-0.2, -0.15) is 0 Å². The molecule has 94 valence electrons. The average molecular weight is 232 g/mol. The molecule has 1 heterocycles. The second-order valence-electron chi connectivity index (χ2n) is 5.82. The lowest BCUT2D eigenvalue weighted by Crippen LogP contribution is -2.39. The van der Waals surface area contributed by atoms with Crippen molar-refractivity contribution in [1.29, 1.82) is 0 Å². The van der Waals surface area contributed by atoms with E-state index in [4.69, 9.17) is 5.73 Å². The van der Waals surface area contributed by atoms with Gasteiger partial charge in [-0.3, -0.25) is 0 Å². The lowest BCUT2D eigenvalue weighted by atomic mass is 9.97. The largest absolute Gasteiger partial charge is 0.364 e. The van der Waals surface area contributed by atoms with E-state index in [0.29, 0.717) is 6.04 Å². The van der Waals surface area contributed by atoms with Crippen LogP contribution in [0.25, 0.3) is 0 Å². The van der Waals surface area contributed by atoms with E-state index in [9.17, 15) is 0 Å². The van der Waals surface area contributed by atoms with Gasteiger partial charge in [-0.15, -0.1) is 0 Å². The first-order chi connectivity index (χ1) is 7.95. The van der Waals surface area contributed by atoms with Crippen LogP contribution in [0.4, 0.5) is 5.69 Å². The molecule has 0 bridgehead atoms. The quantitative estimate of drug-likeness (QED) is 0.849. The Balaban J connectivity index is 2.47. The molecule has 0 aliphatic carbocycles. The van der Waals surface area contributed by atoms with Gasteiger partial charge in [0, 0.05) is 23.8 Å². The van der Waals surface area contributed by atoms with Gasteiger partial charge in [0.1, 0.15) is 0 Å². The van der Waals surface area contributed by atoms with E-state index in [0.717, 1.165) is 19.4 Å². The molecule has 2 N–H and O–H groups in total. The minimum atomic E-state index is 0.176. The number of aryl methyl sites for hydroxylation is 2. The normalized spacial score (nSPS) is 23.1. The van der Waals surface area contributed by atoms with Crippen molar-refractivity contribution >= 4 is 5.69 Å². The van der Waals surface area contributed by atoms with E-state index in [2.05, 4.69) is 50.8 Å². The van der Waals surface area contributed by atoms with Crippen LogP contribution < -0.4 is 10.6 Å². The van der Waals surface area contributed by atoms with Crippen molar-refractivity contribution in [2.24, 2.45) is 5.73 Å². The van der Waals surface area contributed by atoms with Crippen molar-refractivity contribution in [2.75, 3.05) is 11.4 Å². The van der Waals surface area contributed by atoms with Crippen LogP contribution in [-0.2, 0) is 6.42 Å². The van der Waals surface area contributed by atoms with Gasteiger partial charge in [0.05, 0.1) is 0 Å². The van der Waals surface area contributed by atoms with Crippen molar-refractivity contribution in [1.82, 2.24) is 0 Å². The van der Waals surface area contributed by atoms with Gasteiger partial charge >= 0.3 is 0 Å². The fourth-order valence-corrected chi connectivity index (χ4v) is 3.08. The van der Waals surface area contributed by atoms with Crippen LogP contribution in [0.3, 0.4) is 0 Å². The molecule has 1 fully saturated rings. The Bertz CT molecular complexity index is 409. The zero-order valence-corrected chi connectivity index (χ0v) is 11.5.